The summed E-state index contributed by atoms with van der Waals surface area (Å²) < 4.78 is 0. The van der Waals surface area contributed by atoms with Crippen LogP contribution in [0.4, 0.5) is 0 Å². The largest absolute Gasteiger partial charge is 0.385 e. The Morgan fingerprint density at radius 1 is 1.67 bits per heavy atom. The van der Waals surface area contributed by atoms with Crippen LogP contribution in [0.2, 0.25) is 0 Å². The van der Waals surface area contributed by atoms with Crippen LogP contribution in [0.3, 0.4) is 0 Å². The molecule has 1 N–H and O–H groups in total. The summed E-state index contributed by atoms with van der Waals surface area (Å²) in [5.41, 5.74) is 0.458. The van der Waals surface area contributed by atoms with E-state index in [9.17, 15) is 5.11 Å². The second-order valence-electron chi connectivity index (χ2n) is 2.76. The van der Waals surface area contributed by atoms with Gasteiger partial charge in [-0.05, 0) is 25.8 Å². The second kappa shape index (κ2) is 1.99. The van der Waals surface area contributed by atoms with E-state index in [1.165, 1.54) is 0 Å². The molecule has 1 atom stereocenters. The molecule has 0 aromatic heterocycles. The van der Waals surface area contributed by atoms with Crippen LogP contribution >= 0.6 is 0 Å². The molecule has 0 saturated carbocycles. The molecule has 0 bridgehead atoms. The Kier molecular flexibility index (Phi) is 1.45. The summed E-state index contributed by atoms with van der Waals surface area (Å²) in [6.07, 6.45) is 6.65. The minimum Gasteiger partial charge on any atom is -0.385 e. The van der Waals surface area contributed by atoms with Gasteiger partial charge in [0.1, 0.15) is 0 Å². The molecule has 1 rings (SSSR count). The molecule has 50 valence electrons. The lowest BCUT2D eigenvalue weighted by molar-refractivity contribution is 0.101. The Bertz CT molecular complexity index is 163. The smallest absolute Gasteiger partial charge is 0.0863 e. The van der Waals surface area contributed by atoms with E-state index in [2.05, 4.69) is 0 Å². The summed E-state index contributed by atoms with van der Waals surface area (Å²) in [6.45, 7) is 3.78. The molecule has 1 heteroatoms. The Morgan fingerprint density at radius 2 is 2.33 bits per heavy atom. The third kappa shape index (κ3) is 1.22. The van der Waals surface area contributed by atoms with Gasteiger partial charge in [0.25, 0.3) is 0 Å². The van der Waals surface area contributed by atoms with Crippen molar-refractivity contribution < 1.29 is 5.11 Å². The summed E-state index contributed by atoms with van der Waals surface area (Å²) in [5.74, 6) is 0. The molecule has 0 radical (unpaired) electrons. The van der Waals surface area contributed by atoms with Crippen molar-refractivity contribution in [3.63, 3.8) is 0 Å². The molecule has 0 fully saturated rings. The van der Waals surface area contributed by atoms with Crippen LogP contribution in [0.15, 0.2) is 23.8 Å². The minimum atomic E-state index is -0.589. The van der Waals surface area contributed by atoms with Crippen molar-refractivity contribution in [3.05, 3.63) is 23.8 Å². The fraction of sp³-hybridized carbons (Fsp3) is 0.500. The molecular weight excluding hydrogens is 112 g/mol. The highest BCUT2D eigenvalue weighted by Gasteiger charge is 2.21. The second-order valence-corrected chi connectivity index (χ2v) is 2.76. The number of hydrogen-bond acceptors (Lipinski definition) is 1. The van der Waals surface area contributed by atoms with Gasteiger partial charge in [-0.3, -0.25) is 0 Å². The highest BCUT2D eigenvalue weighted by Crippen LogP contribution is 2.23. The van der Waals surface area contributed by atoms with Crippen LogP contribution < -0.4 is 0 Å². The van der Waals surface area contributed by atoms with Crippen LogP contribution in [-0.4, -0.2) is 10.7 Å². The average molecular weight is 124 g/mol. The molecule has 0 aliphatic heterocycles. The van der Waals surface area contributed by atoms with Gasteiger partial charge >= 0.3 is 0 Å². The molecule has 0 amide bonds. The van der Waals surface area contributed by atoms with Crippen LogP contribution in [0.1, 0.15) is 20.3 Å². The van der Waals surface area contributed by atoms with Gasteiger partial charge in [0.05, 0.1) is 5.60 Å². The lowest BCUT2D eigenvalue weighted by atomic mass is 9.90. The SMILES string of the molecule is CC1=CC=CCC1(C)O. The van der Waals surface area contributed by atoms with Crippen molar-refractivity contribution in [2.45, 2.75) is 25.9 Å². The summed E-state index contributed by atoms with van der Waals surface area (Å²) in [5, 5.41) is 9.52. The van der Waals surface area contributed by atoms with Gasteiger partial charge in [0, 0.05) is 0 Å². The Labute approximate surface area is 55.7 Å². The van der Waals surface area contributed by atoms with Gasteiger partial charge in [-0.15, -0.1) is 0 Å². The zero-order valence-corrected chi connectivity index (χ0v) is 5.89. The maximum Gasteiger partial charge on any atom is 0.0863 e. The molecule has 1 aliphatic carbocycles. The van der Waals surface area contributed by atoms with E-state index in [0.29, 0.717) is 0 Å². The first-order valence-electron chi connectivity index (χ1n) is 3.19. The lowest BCUT2D eigenvalue weighted by Gasteiger charge is -2.24. The molecule has 9 heavy (non-hydrogen) atoms. The number of rotatable bonds is 0. The van der Waals surface area contributed by atoms with E-state index in [-0.39, 0.29) is 0 Å². The van der Waals surface area contributed by atoms with Gasteiger partial charge in [-0.2, -0.15) is 0 Å². The summed E-state index contributed by atoms with van der Waals surface area (Å²) in [7, 11) is 0. The average Bonchev–Trinajstić information content (AvgIpc) is 1.77. The predicted molar refractivity (Wildman–Crippen MR) is 38.1 cm³/mol. The van der Waals surface area contributed by atoms with Crippen LogP contribution in [0, 0.1) is 0 Å². The van der Waals surface area contributed by atoms with Gasteiger partial charge in [-0.25, -0.2) is 0 Å². The molecule has 1 unspecified atom stereocenters. The molecule has 0 heterocycles. The third-order valence-corrected chi connectivity index (χ3v) is 1.85. The van der Waals surface area contributed by atoms with E-state index in [1.807, 2.05) is 32.1 Å². The van der Waals surface area contributed by atoms with Gasteiger partial charge < -0.3 is 5.11 Å². The molecule has 0 aromatic rings. The van der Waals surface area contributed by atoms with E-state index < -0.39 is 5.60 Å². The first kappa shape index (κ1) is 6.56. The maximum absolute atomic E-state index is 9.52. The van der Waals surface area contributed by atoms with E-state index in [1.54, 1.807) is 0 Å². The van der Waals surface area contributed by atoms with Crippen molar-refractivity contribution in [3.8, 4) is 0 Å². The summed E-state index contributed by atoms with van der Waals surface area (Å²) in [4.78, 5) is 0. The van der Waals surface area contributed by atoms with Gasteiger partial charge in [-0.1, -0.05) is 18.2 Å². The van der Waals surface area contributed by atoms with E-state index >= 15 is 0 Å². The van der Waals surface area contributed by atoms with Crippen molar-refractivity contribution in [1.82, 2.24) is 0 Å². The van der Waals surface area contributed by atoms with Gasteiger partial charge in [0.15, 0.2) is 0 Å². The van der Waals surface area contributed by atoms with Gasteiger partial charge in [0.2, 0.25) is 0 Å². The molecule has 1 aliphatic rings. The molecule has 1 nitrogen and oxygen atoms in total. The van der Waals surface area contributed by atoms with Crippen molar-refractivity contribution >= 4 is 0 Å². The van der Waals surface area contributed by atoms with Crippen molar-refractivity contribution in [2.75, 3.05) is 0 Å². The van der Waals surface area contributed by atoms with Crippen LogP contribution in [-0.2, 0) is 0 Å². The first-order valence-corrected chi connectivity index (χ1v) is 3.19. The Morgan fingerprint density at radius 3 is 2.67 bits per heavy atom. The zero-order valence-electron chi connectivity index (χ0n) is 5.89. The van der Waals surface area contributed by atoms with E-state index in [0.717, 1.165) is 12.0 Å². The molecule has 0 saturated heterocycles. The molecule has 0 spiro atoms. The summed E-state index contributed by atoms with van der Waals surface area (Å²) in [6, 6.07) is 0. The Hall–Kier alpha value is -0.560. The standard InChI is InChI=1S/C8H12O/c1-7-5-3-4-6-8(7,2)9/h3-5,9H,6H2,1-2H3. The number of aliphatic hydroxyl groups is 1. The number of allylic oxidation sites excluding steroid dienone is 2. The highest BCUT2D eigenvalue weighted by atomic mass is 16.3. The van der Waals surface area contributed by atoms with Crippen LogP contribution in [0.25, 0.3) is 0 Å². The van der Waals surface area contributed by atoms with E-state index in [4.69, 9.17) is 0 Å². The minimum absolute atomic E-state index is 0.589. The highest BCUT2D eigenvalue weighted by molar-refractivity contribution is 5.24. The zero-order chi connectivity index (χ0) is 6.91. The monoisotopic (exact) mass is 124 g/mol. The molecular formula is C8H12O. The normalized spacial score (nSPS) is 34.3. The molecule has 0 aromatic carbocycles. The van der Waals surface area contributed by atoms with Crippen molar-refractivity contribution in [1.29, 1.82) is 0 Å². The quantitative estimate of drug-likeness (QED) is 0.520. The maximum atomic E-state index is 9.52. The topological polar surface area (TPSA) is 20.2 Å². The predicted octanol–water partition coefficient (Wildman–Crippen LogP) is 1.64. The Balaban J connectivity index is 2.83. The lowest BCUT2D eigenvalue weighted by Crippen LogP contribution is -2.25. The van der Waals surface area contributed by atoms with Crippen LogP contribution in [0.5, 0.6) is 0 Å². The third-order valence-electron chi connectivity index (χ3n) is 1.85. The fourth-order valence-corrected chi connectivity index (χ4v) is 0.850. The number of hydrogen-bond donors (Lipinski definition) is 1. The summed E-state index contributed by atoms with van der Waals surface area (Å²) >= 11 is 0. The first-order chi connectivity index (χ1) is 4.13. The van der Waals surface area contributed by atoms with Crippen molar-refractivity contribution in [2.24, 2.45) is 0 Å². The fourth-order valence-electron chi connectivity index (χ4n) is 0.850.